The molecule has 0 bridgehead atoms. The van der Waals surface area contributed by atoms with Crippen molar-refractivity contribution in [2.45, 2.75) is 6.54 Å². The number of carboxylic acids is 1. The lowest BCUT2D eigenvalue weighted by Gasteiger charge is -2.16. The van der Waals surface area contributed by atoms with Crippen LogP contribution in [0.2, 0.25) is 0 Å². The maximum atomic E-state index is 12.1. The Labute approximate surface area is 109 Å². The zero-order valence-corrected chi connectivity index (χ0v) is 10.3. The van der Waals surface area contributed by atoms with Crippen molar-refractivity contribution in [3.63, 3.8) is 0 Å². The van der Waals surface area contributed by atoms with E-state index in [0.717, 1.165) is 5.69 Å². The fourth-order valence-electron chi connectivity index (χ4n) is 1.69. The van der Waals surface area contributed by atoms with E-state index in [1.165, 1.54) is 23.2 Å². The van der Waals surface area contributed by atoms with Gasteiger partial charge in [0.25, 0.3) is 5.91 Å². The smallest absolute Gasteiger partial charge is 0.354 e. The van der Waals surface area contributed by atoms with E-state index in [1.54, 1.807) is 13.2 Å². The highest BCUT2D eigenvalue weighted by Crippen LogP contribution is 2.08. The number of pyridine rings is 1. The van der Waals surface area contributed by atoms with Gasteiger partial charge in [0.05, 0.1) is 6.54 Å². The number of aromatic nitrogens is 2. The molecule has 6 nitrogen and oxygen atoms in total. The van der Waals surface area contributed by atoms with Crippen LogP contribution in [-0.2, 0) is 6.54 Å². The molecule has 0 atom stereocenters. The van der Waals surface area contributed by atoms with Gasteiger partial charge in [-0.05, 0) is 24.3 Å². The molecule has 19 heavy (non-hydrogen) atoms. The van der Waals surface area contributed by atoms with Crippen molar-refractivity contribution >= 4 is 11.9 Å². The number of nitrogens with one attached hydrogen (secondary N) is 1. The second-order valence-electron chi connectivity index (χ2n) is 4.09. The number of aromatic amines is 1. The summed E-state index contributed by atoms with van der Waals surface area (Å²) in [4.78, 5) is 31.1. The third-order valence-electron chi connectivity index (χ3n) is 2.64. The van der Waals surface area contributed by atoms with Gasteiger partial charge in [0, 0.05) is 30.7 Å². The van der Waals surface area contributed by atoms with Crippen LogP contribution in [0.25, 0.3) is 0 Å². The summed E-state index contributed by atoms with van der Waals surface area (Å²) in [5.74, 6) is -1.40. The molecular weight excluding hydrogens is 246 g/mol. The van der Waals surface area contributed by atoms with Crippen molar-refractivity contribution in [1.82, 2.24) is 14.9 Å². The average molecular weight is 259 g/mol. The van der Waals surface area contributed by atoms with Crippen LogP contribution < -0.4 is 0 Å². The summed E-state index contributed by atoms with van der Waals surface area (Å²) in [6, 6.07) is 6.50. The van der Waals surface area contributed by atoms with E-state index < -0.39 is 5.97 Å². The molecule has 0 aliphatic carbocycles. The lowest BCUT2D eigenvalue weighted by molar-refractivity contribution is 0.0690. The van der Waals surface area contributed by atoms with Crippen LogP contribution in [0.5, 0.6) is 0 Å². The first-order valence-electron chi connectivity index (χ1n) is 5.65. The van der Waals surface area contributed by atoms with E-state index in [2.05, 4.69) is 9.97 Å². The largest absolute Gasteiger partial charge is 0.477 e. The topological polar surface area (TPSA) is 86.3 Å². The van der Waals surface area contributed by atoms with Crippen LogP contribution in [0.3, 0.4) is 0 Å². The van der Waals surface area contributed by atoms with Crippen LogP contribution >= 0.6 is 0 Å². The van der Waals surface area contributed by atoms with Gasteiger partial charge < -0.3 is 15.0 Å². The molecule has 0 fully saturated rings. The van der Waals surface area contributed by atoms with E-state index in [0.29, 0.717) is 12.1 Å². The molecule has 2 aromatic heterocycles. The number of carbonyl (C=O) groups is 2. The van der Waals surface area contributed by atoms with Gasteiger partial charge >= 0.3 is 5.97 Å². The third kappa shape index (κ3) is 2.98. The number of amides is 1. The summed E-state index contributed by atoms with van der Waals surface area (Å²) in [6.45, 7) is 0.427. The van der Waals surface area contributed by atoms with Crippen molar-refractivity contribution in [3.05, 3.63) is 53.6 Å². The maximum Gasteiger partial charge on any atom is 0.354 e. The molecule has 0 radical (unpaired) electrons. The lowest BCUT2D eigenvalue weighted by atomic mass is 10.2. The second-order valence-corrected chi connectivity index (χ2v) is 4.09. The number of carboxylic acid groups (broad SMARTS) is 1. The van der Waals surface area contributed by atoms with Crippen molar-refractivity contribution in [2.24, 2.45) is 0 Å². The Morgan fingerprint density at radius 1 is 1.42 bits per heavy atom. The molecule has 0 aromatic carbocycles. The Bertz CT molecular complexity index is 593. The average Bonchev–Trinajstić information content (AvgIpc) is 2.90. The normalized spacial score (nSPS) is 10.2. The van der Waals surface area contributed by atoms with Crippen molar-refractivity contribution in [2.75, 3.05) is 7.05 Å². The van der Waals surface area contributed by atoms with Crippen LogP contribution in [-0.4, -0.2) is 38.9 Å². The first-order chi connectivity index (χ1) is 9.08. The summed E-state index contributed by atoms with van der Waals surface area (Å²) in [6.07, 6.45) is 3.10. The zero-order chi connectivity index (χ0) is 13.8. The summed E-state index contributed by atoms with van der Waals surface area (Å²) in [5, 5.41) is 8.84. The molecule has 98 valence electrons. The Morgan fingerprint density at radius 2 is 2.21 bits per heavy atom. The van der Waals surface area contributed by atoms with E-state index in [1.807, 2.05) is 12.1 Å². The van der Waals surface area contributed by atoms with Gasteiger partial charge in [0.2, 0.25) is 0 Å². The Hall–Kier alpha value is -2.63. The zero-order valence-electron chi connectivity index (χ0n) is 10.3. The predicted octanol–water partition coefficient (Wildman–Crippen LogP) is 1.38. The van der Waals surface area contributed by atoms with E-state index in [9.17, 15) is 9.59 Å². The first kappa shape index (κ1) is 12.8. The second kappa shape index (κ2) is 5.34. The van der Waals surface area contributed by atoms with Gasteiger partial charge in [-0.3, -0.25) is 4.79 Å². The molecule has 2 N–H and O–H groups in total. The molecule has 2 heterocycles. The minimum absolute atomic E-state index is 0.140. The standard InChI is InChI=1S/C13H13N3O3/c1-16(8-10-3-2-5-14-10)12(17)9-4-6-15-11(7-9)13(18)19/h2-7,14H,8H2,1H3,(H,18,19). The number of carbonyl (C=O) groups excluding carboxylic acids is 1. The summed E-state index contributed by atoms with van der Waals surface area (Å²) in [5.41, 5.74) is 1.07. The minimum atomic E-state index is -1.15. The van der Waals surface area contributed by atoms with Crippen LogP contribution in [0.1, 0.15) is 26.5 Å². The summed E-state index contributed by atoms with van der Waals surface area (Å²) < 4.78 is 0. The molecule has 2 aromatic rings. The SMILES string of the molecule is CN(Cc1ccc[nH]1)C(=O)c1ccnc(C(=O)O)c1. The van der Waals surface area contributed by atoms with Gasteiger partial charge in [0.15, 0.2) is 0 Å². The van der Waals surface area contributed by atoms with Gasteiger partial charge in [0.1, 0.15) is 5.69 Å². The van der Waals surface area contributed by atoms with Crippen molar-refractivity contribution in [1.29, 1.82) is 0 Å². The molecule has 1 amide bonds. The highest BCUT2D eigenvalue weighted by Gasteiger charge is 2.14. The van der Waals surface area contributed by atoms with Crippen LogP contribution in [0, 0.1) is 0 Å². The fourth-order valence-corrected chi connectivity index (χ4v) is 1.69. The number of H-pyrrole nitrogens is 1. The molecule has 0 saturated carbocycles. The summed E-state index contributed by atoms with van der Waals surface area (Å²) >= 11 is 0. The quantitative estimate of drug-likeness (QED) is 0.868. The number of aromatic carboxylic acids is 1. The minimum Gasteiger partial charge on any atom is -0.477 e. The van der Waals surface area contributed by atoms with E-state index >= 15 is 0 Å². The number of nitrogens with zero attached hydrogens (tertiary/aromatic N) is 2. The molecule has 0 spiro atoms. The number of hydrogen-bond acceptors (Lipinski definition) is 3. The van der Waals surface area contributed by atoms with Gasteiger partial charge in [-0.15, -0.1) is 0 Å². The highest BCUT2D eigenvalue weighted by atomic mass is 16.4. The lowest BCUT2D eigenvalue weighted by Crippen LogP contribution is -2.26. The van der Waals surface area contributed by atoms with Crippen molar-refractivity contribution in [3.8, 4) is 0 Å². The molecule has 0 aliphatic rings. The molecular formula is C13H13N3O3. The fraction of sp³-hybridized carbons (Fsp3) is 0.154. The molecule has 0 aliphatic heterocycles. The molecule has 6 heteroatoms. The van der Waals surface area contributed by atoms with Crippen LogP contribution in [0.15, 0.2) is 36.7 Å². The number of hydrogen-bond donors (Lipinski definition) is 2. The van der Waals surface area contributed by atoms with Gasteiger partial charge in [-0.25, -0.2) is 9.78 Å². The monoisotopic (exact) mass is 259 g/mol. The van der Waals surface area contributed by atoms with Crippen LogP contribution in [0.4, 0.5) is 0 Å². The Morgan fingerprint density at radius 3 is 2.84 bits per heavy atom. The third-order valence-corrected chi connectivity index (χ3v) is 2.64. The van der Waals surface area contributed by atoms with Gasteiger partial charge in [-0.2, -0.15) is 0 Å². The highest BCUT2D eigenvalue weighted by molar-refractivity contribution is 5.96. The maximum absolute atomic E-state index is 12.1. The first-order valence-corrected chi connectivity index (χ1v) is 5.65. The number of rotatable bonds is 4. The van der Waals surface area contributed by atoms with Crippen molar-refractivity contribution < 1.29 is 14.7 Å². The van der Waals surface area contributed by atoms with E-state index in [4.69, 9.17) is 5.11 Å². The van der Waals surface area contributed by atoms with Gasteiger partial charge in [-0.1, -0.05) is 0 Å². The molecule has 2 rings (SSSR count). The predicted molar refractivity (Wildman–Crippen MR) is 67.8 cm³/mol. The summed E-state index contributed by atoms with van der Waals surface area (Å²) in [7, 11) is 1.66. The van der Waals surface area contributed by atoms with E-state index in [-0.39, 0.29) is 11.6 Å². The molecule has 0 unspecified atom stereocenters. The molecule has 0 saturated heterocycles. The Kier molecular flexibility index (Phi) is 3.61. The Balaban J connectivity index is 2.14.